The summed E-state index contributed by atoms with van der Waals surface area (Å²) in [5, 5.41) is 2.81. The van der Waals surface area contributed by atoms with E-state index in [-0.39, 0.29) is 0 Å². The van der Waals surface area contributed by atoms with Crippen molar-refractivity contribution < 1.29 is 0 Å². The van der Waals surface area contributed by atoms with Crippen LogP contribution in [0.2, 0.25) is 0 Å². The maximum Gasteiger partial charge on any atom is 0.0411 e. The third kappa shape index (κ3) is 2.88. The van der Waals surface area contributed by atoms with Crippen molar-refractivity contribution in [3.8, 4) is 0 Å². The lowest BCUT2D eigenvalue weighted by molar-refractivity contribution is 0.932. The van der Waals surface area contributed by atoms with E-state index in [0.29, 0.717) is 0 Å². The van der Waals surface area contributed by atoms with Crippen LogP contribution in [0.15, 0.2) is 0 Å². The fourth-order valence-electron chi connectivity index (χ4n) is 1.78. The molecule has 0 amide bonds. The Balaban J connectivity index is 1.84. The van der Waals surface area contributed by atoms with Crippen LogP contribution in [0.25, 0.3) is 0 Å². The molecule has 0 aliphatic heterocycles. The SMILES string of the molecule is CS[C]1[CH][CH][CH][C]1C[C]1[CH][CH][CH][C]1SC. The molecule has 2 heteroatoms. The quantitative estimate of drug-likeness (QED) is 0.729. The van der Waals surface area contributed by atoms with Gasteiger partial charge in [-0.3, -0.25) is 0 Å². The minimum absolute atomic E-state index is 1.06. The van der Waals surface area contributed by atoms with Gasteiger partial charge in [-0.2, -0.15) is 23.5 Å². The molecule has 0 spiro atoms. The highest BCUT2D eigenvalue weighted by molar-refractivity contribution is 8.02. The first-order valence-electron chi connectivity index (χ1n) is 4.92. The first-order valence-corrected chi connectivity index (χ1v) is 7.37. The van der Waals surface area contributed by atoms with Gasteiger partial charge >= 0.3 is 0 Å². The van der Waals surface area contributed by atoms with Crippen LogP contribution in [0.3, 0.4) is 0 Å². The van der Waals surface area contributed by atoms with Crippen LogP contribution in [-0.4, -0.2) is 12.5 Å². The van der Waals surface area contributed by atoms with Crippen LogP contribution in [0.5, 0.6) is 0 Å². The Morgan fingerprint density at radius 1 is 0.800 bits per heavy atom. The molecular weight excluding hydrogens is 220 g/mol. The predicted molar refractivity (Wildman–Crippen MR) is 70.4 cm³/mol. The summed E-state index contributed by atoms with van der Waals surface area (Å²) in [7, 11) is 0. The van der Waals surface area contributed by atoms with Gasteiger partial charge in [0.05, 0.1) is 0 Å². The molecular formula is C13H14S2. The molecule has 0 atom stereocenters. The Kier molecular flexibility index (Phi) is 4.75. The van der Waals surface area contributed by atoms with Gasteiger partial charge in [0.2, 0.25) is 0 Å². The molecule has 2 saturated carbocycles. The fourth-order valence-corrected chi connectivity index (χ4v) is 3.01. The largest absolute Gasteiger partial charge is 0.156 e. The van der Waals surface area contributed by atoms with E-state index >= 15 is 0 Å². The second-order valence-corrected chi connectivity index (χ2v) is 5.11. The van der Waals surface area contributed by atoms with Crippen molar-refractivity contribution in [1.82, 2.24) is 0 Å². The monoisotopic (exact) mass is 234 g/mol. The van der Waals surface area contributed by atoms with E-state index in [0.717, 1.165) is 6.42 Å². The first-order chi connectivity index (χ1) is 7.35. The van der Waals surface area contributed by atoms with Crippen molar-refractivity contribution >= 4 is 23.5 Å². The molecule has 2 rings (SSSR count). The van der Waals surface area contributed by atoms with Gasteiger partial charge in [0, 0.05) is 10.5 Å². The number of hydrogen-bond acceptors (Lipinski definition) is 2. The van der Waals surface area contributed by atoms with Gasteiger partial charge in [-0.25, -0.2) is 0 Å². The topological polar surface area (TPSA) is 0 Å². The zero-order chi connectivity index (χ0) is 10.7. The summed E-state index contributed by atoms with van der Waals surface area (Å²) < 4.78 is 0. The van der Waals surface area contributed by atoms with Crippen LogP contribution in [-0.2, 0) is 0 Å². The van der Waals surface area contributed by atoms with Crippen LogP contribution < -0.4 is 0 Å². The lowest BCUT2D eigenvalue weighted by Gasteiger charge is -2.22. The van der Waals surface area contributed by atoms with E-state index in [2.05, 4.69) is 51.0 Å². The van der Waals surface area contributed by atoms with Crippen molar-refractivity contribution in [2.24, 2.45) is 0 Å². The lowest BCUT2D eigenvalue weighted by atomic mass is 9.92. The molecule has 0 aromatic heterocycles. The zero-order valence-electron chi connectivity index (χ0n) is 8.99. The summed E-state index contributed by atoms with van der Waals surface area (Å²) in [5.41, 5.74) is 0. The summed E-state index contributed by atoms with van der Waals surface area (Å²) in [6.45, 7) is 0. The summed E-state index contributed by atoms with van der Waals surface area (Å²) in [4.78, 5) is 0. The molecule has 0 N–H and O–H groups in total. The fraction of sp³-hybridized carbons (Fsp3) is 0.231. The maximum atomic E-state index is 2.23. The molecule has 2 aliphatic rings. The molecule has 15 heavy (non-hydrogen) atoms. The molecule has 0 saturated heterocycles. The second kappa shape index (κ2) is 5.86. The summed E-state index contributed by atoms with van der Waals surface area (Å²) >= 11 is 3.66. The molecule has 2 aliphatic carbocycles. The van der Waals surface area contributed by atoms with Crippen molar-refractivity contribution in [1.29, 1.82) is 0 Å². The van der Waals surface area contributed by atoms with E-state index in [4.69, 9.17) is 0 Å². The minimum Gasteiger partial charge on any atom is -0.156 e. The molecule has 10 radical (unpaired) electrons. The van der Waals surface area contributed by atoms with Gasteiger partial charge in [-0.15, -0.1) is 0 Å². The van der Waals surface area contributed by atoms with Crippen LogP contribution in [0, 0.1) is 60.9 Å². The van der Waals surface area contributed by atoms with Crippen LogP contribution in [0.1, 0.15) is 6.42 Å². The van der Waals surface area contributed by atoms with E-state index < -0.39 is 0 Å². The number of thioether (sulfide) groups is 2. The molecule has 0 aromatic carbocycles. The summed E-state index contributed by atoms with van der Waals surface area (Å²) in [6, 6.07) is 0. The number of rotatable bonds is 4. The minimum atomic E-state index is 1.06. The maximum absolute atomic E-state index is 2.23. The molecule has 78 valence electrons. The van der Waals surface area contributed by atoms with Crippen molar-refractivity contribution in [3.05, 3.63) is 60.9 Å². The molecule has 2 fully saturated rings. The van der Waals surface area contributed by atoms with Gasteiger partial charge < -0.3 is 0 Å². The molecule has 0 bridgehead atoms. The molecule has 0 heterocycles. The molecule has 0 unspecified atom stereocenters. The third-order valence-corrected chi connectivity index (χ3v) is 4.22. The Bertz CT molecular complexity index is 173. The first kappa shape index (κ1) is 12.2. The summed E-state index contributed by atoms with van der Waals surface area (Å²) in [5.74, 6) is 2.90. The highest BCUT2D eigenvalue weighted by Gasteiger charge is 2.36. The van der Waals surface area contributed by atoms with Gasteiger partial charge in [-0.05, 0) is 69.3 Å². The van der Waals surface area contributed by atoms with Crippen molar-refractivity contribution in [2.45, 2.75) is 6.42 Å². The van der Waals surface area contributed by atoms with Gasteiger partial charge in [-0.1, -0.05) is 0 Å². The average Bonchev–Trinajstić information content (AvgIpc) is 2.87. The molecule has 0 nitrogen and oxygen atoms in total. The van der Waals surface area contributed by atoms with E-state index in [9.17, 15) is 0 Å². The average molecular weight is 234 g/mol. The standard InChI is InChI=1S/C13H14S2/c1-14-12-7-3-5-10(12)9-11-6-4-8-13(11)15-2/h3-8H,9H2,1-2H3. The van der Waals surface area contributed by atoms with E-state index in [1.165, 1.54) is 22.3 Å². The van der Waals surface area contributed by atoms with Crippen molar-refractivity contribution in [2.75, 3.05) is 12.5 Å². The third-order valence-electron chi connectivity index (χ3n) is 2.54. The highest BCUT2D eigenvalue weighted by Crippen LogP contribution is 2.50. The van der Waals surface area contributed by atoms with E-state index in [1.807, 2.05) is 23.5 Å². The van der Waals surface area contributed by atoms with Crippen molar-refractivity contribution in [3.63, 3.8) is 0 Å². The Hall–Kier alpha value is 0.700. The Morgan fingerprint density at radius 2 is 1.27 bits per heavy atom. The zero-order valence-corrected chi connectivity index (χ0v) is 10.6. The molecule has 0 aromatic rings. The Morgan fingerprint density at radius 3 is 1.67 bits per heavy atom. The predicted octanol–water partition coefficient (Wildman–Crippen LogP) is 3.57. The smallest absolute Gasteiger partial charge is 0.0411 e. The highest BCUT2D eigenvalue weighted by atomic mass is 32.2. The normalized spacial score (nSPS) is 26.8. The lowest BCUT2D eigenvalue weighted by Crippen LogP contribution is -2.08. The van der Waals surface area contributed by atoms with Gasteiger partial charge in [0.15, 0.2) is 0 Å². The Labute approximate surface area is 103 Å². The van der Waals surface area contributed by atoms with Gasteiger partial charge in [0.25, 0.3) is 0 Å². The van der Waals surface area contributed by atoms with E-state index in [1.54, 1.807) is 0 Å². The second-order valence-electron chi connectivity index (χ2n) is 3.42. The summed E-state index contributed by atoms with van der Waals surface area (Å²) in [6.07, 6.45) is 18.5. The van der Waals surface area contributed by atoms with Crippen LogP contribution >= 0.6 is 23.5 Å². The number of hydrogen-bond donors (Lipinski definition) is 0. The van der Waals surface area contributed by atoms with Crippen LogP contribution in [0.4, 0.5) is 0 Å². The van der Waals surface area contributed by atoms with Gasteiger partial charge in [0.1, 0.15) is 0 Å².